The first-order valence-electron chi connectivity index (χ1n) is 5.71. The van der Waals surface area contributed by atoms with Gasteiger partial charge in [0.05, 0.1) is 12.3 Å². The third-order valence-corrected chi connectivity index (χ3v) is 3.09. The van der Waals surface area contributed by atoms with Crippen molar-refractivity contribution in [1.82, 2.24) is 4.90 Å². The van der Waals surface area contributed by atoms with Crippen molar-refractivity contribution in [3.05, 3.63) is 35.9 Å². The smallest absolute Gasteiger partial charge is 0.308 e. The zero-order valence-corrected chi connectivity index (χ0v) is 9.50. The molecule has 1 aromatic carbocycles. The lowest BCUT2D eigenvalue weighted by atomic mass is 10.1. The summed E-state index contributed by atoms with van der Waals surface area (Å²) in [6.45, 7) is 0.906. The van der Waals surface area contributed by atoms with Crippen LogP contribution < -0.4 is 0 Å². The fraction of sp³-hybridized carbons (Fsp3) is 0.385. The Kier molecular flexibility index (Phi) is 3.42. The van der Waals surface area contributed by atoms with Gasteiger partial charge in [0, 0.05) is 13.1 Å². The third kappa shape index (κ3) is 2.84. The van der Waals surface area contributed by atoms with E-state index in [-0.39, 0.29) is 5.91 Å². The van der Waals surface area contributed by atoms with Gasteiger partial charge in [-0.1, -0.05) is 30.3 Å². The zero-order valence-electron chi connectivity index (χ0n) is 9.50. The molecule has 1 amide bonds. The van der Waals surface area contributed by atoms with E-state index < -0.39 is 11.9 Å². The SMILES string of the molecule is O=C(O)[C@H]1CCN(C(=O)Cc2ccccc2)C1. The molecule has 2 rings (SSSR count). The van der Waals surface area contributed by atoms with Gasteiger partial charge in [-0.2, -0.15) is 0 Å². The number of carbonyl (C=O) groups excluding carboxylic acids is 1. The van der Waals surface area contributed by atoms with Gasteiger partial charge in [0.1, 0.15) is 0 Å². The Labute approximate surface area is 99.9 Å². The maximum absolute atomic E-state index is 11.9. The largest absolute Gasteiger partial charge is 0.481 e. The van der Waals surface area contributed by atoms with Gasteiger partial charge in [0.25, 0.3) is 0 Å². The summed E-state index contributed by atoms with van der Waals surface area (Å²) in [6, 6.07) is 9.51. The van der Waals surface area contributed by atoms with Crippen molar-refractivity contribution in [2.24, 2.45) is 5.92 Å². The Morgan fingerprint density at radius 1 is 1.29 bits per heavy atom. The third-order valence-electron chi connectivity index (χ3n) is 3.09. The fourth-order valence-corrected chi connectivity index (χ4v) is 2.07. The summed E-state index contributed by atoms with van der Waals surface area (Å²) in [7, 11) is 0. The lowest BCUT2D eigenvalue weighted by molar-refractivity contribution is -0.141. The highest BCUT2D eigenvalue weighted by Gasteiger charge is 2.30. The van der Waals surface area contributed by atoms with Gasteiger partial charge in [-0.05, 0) is 12.0 Å². The van der Waals surface area contributed by atoms with Crippen molar-refractivity contribution < 1.29 is 14.7 Å². The first-order valence-corrected chi connectivity index (χ1v) is 5.71. The van der Waals surface area contributed by atoms with Gasteiger partial charge in [-0.15, -0.1) is 0 Å². The van der Waals surface area contributed by atoms with E-state index in [2.05, 4.69) is 0 Å². The van der Waals surface area contributed by atoms with Crippen LogP contribution in [0.15, 0.2) is 30.3 Å². The molecular weight excluding hydrogens is 218 g/mol. The average Bonchev–Trinajstić information content (AvgIpc) is 2.79. The molecule has 1 fully saturated rings. The molecule has 1 heterocycles. The van der Waals surface area contributed by atoms with Gasteiger partial charge in [0.2, 0.25) is 5.91 Å². The number of amides is 1. The molecule has 0 aliphatic carbocycles. The zero-order chi connectivity index (χ0) is 12.3. The van der Waals surface area contributed by atoms with Gasteiger partial charge < -0.3 is 10.0 Å². The number of aliphatic carboxylic acids is 1. The quantitative estimate of drug-likeness (QED) is 0.852. The summed E-state index contributed by atoms with van der Waals surface area (Å²) in [4.78, 5) is 24.4. The van der Waals surface area contributed by atoms with Crippen molar-refractivity contribution in [3.8, 4) is 0 Å². The van der Waals surface area contributed by atoms with E-state index in [1.165, 1.54) is 0 Å². The van der Waals surface area contributed by atoms with Gasteiger partial charge >= 0.3 is 5.97 Å². The highest BCUT2D eigenvalue weighted by atomic mass is 16.4. The topological polar surface area (TPSA) is 57.6 Å². The van der Waals surface area contributed by atoms with Crippen LogP contribution in [0, 0.1) is 5.92 Å². The summed E-state index contributed by atoms with van der Waals surface area (Å²) in [5.41, 5.74) is 0.969. The first-order chi connectivity index (χ1) is 8.16. The Hall–Kier alpha value is -1.84. The lowest BCUT2D eigenvalue weighted by Crippen LogP contribution is -2.31. The maximum atomic E-state index is 11.9. The molecule has 0 bridgehead atoms. The van der Waals surface area contributed by atoms with Gasteiger partial charge in [-0.3, -0.25) is 9.59 Å². The van der Waals surface area contributed by atoms with E-state index in [0.717, 1.165) is 5.56 Å². The standard InChI is InChI=1S/C13H15NO3/c15-12(8-10-4-2-1-3-5-10)14-7-6-11(9-14)13(16)17/h1-5,11H,6-9H2,(H,16,17)/t11-/m0/s1. The van der Waals surface area contributed by atoms with Crippen molar-refractivity contribution in [1.29, 1.82) is 0 Å². The number of nitrogens with zero attached hydrogens (tertiary/aromatic N) is 1. The van der Waals surface area contributed by atoms with Crippen molar-refractivity contribution in [2.45, 2.75) is 12.8 Å². The summed E-state index contributed by atoms with van der Waals surface area (Å²) in [6.07, 6.45) is 0.920. The van der Waals surface area contributed by atoms with Crippen LogP contribution in [-0.4, -0.2) is 35.0 Å². The summed E-state index contributed by atoms with van der Waals surface area (Å²) >= 11 is 0. The fourth-order valence-electron chi connectivity index (χ4n) is 2.07. The Balaban J connectivity index is 1.92. The molecule has 0 radical (unpaired) electrons. The predicted molar refractivity (Wildman–Crippen MR) is 62.5 cm³/mol. The lowest BCUT2D eigenvalue weighted by Gasteiger charge is -2.15. The van der Waals surface area contributed by atoms with Crippen molar-refractivity contribution in [2.75, 3.05) is 13.1 Å². The molecular formula is C13H15NO3. The number of carboxylic acids is 1. The van der Waals surface area contributed by atoms with E-state index in [1.54, 1.807) is 4.90 Å². The van der Waals surface area contributed by atoms with Crippen LogP contribution in [0.4, 0.5) is 0 Å². The average molecular weight is 233 g/mol. The first kappa shape index (κ1) is 11.6. The number of likely N-dealkylation sites (tertiary alicyclic amines) is 1. The highest BCUT2D eigenvalue weighted by Crippen LogP contribution is 2.17. The van der Waals surface area contributed by atoms with Crippen LogP contribution in [0.25, 0.3) is 0 Å². The molecule has 0 saturated carbocycles. The highest BCUT2D eigenvalue weighted by molar-refractivity contribution is 5.80. The number of rotatable bonds is 3. The second-order valence-corrected chi connectivity index (χ2v) is 4.33. The van der Waals surface area contributed by atoms with Crippen LogP contribution in [-0.2, 0) is 16.0 Å². The number of hydrogen-bond acceptors (Lipinski definition) is 2. The molecule has 1 saturated heterocycles. The van der Waals surface area contributed by atoms with Crippen LogP contribution in [0.2, 0.25) is 0 Å². The minimum absolute atomic E-state index is 0.0138. The van der Waals surface area contributed by atoms with Gasteiger partial charge in [0.15, 0.2) is 0 Å². The minimum atomic E-state index is -0.806. The summed E-state index contributed by atoms with van der Waals surface area (Å²) < 4.78 is 0. The van der Waals surface area contributed by atoms with Crippen LogP contribution in [0.3, 0.4) is 0 Å². The molecule has 4 heteroatoms. The van der Waals surface area contributed by atoms with Gasteiger partial charge in [-0.25, -0.2) is 0 Å². The van der Waals surface area contributed by atoms with Crippen LogP contribution in [0.1, 0.15) is 12.0 Å². The van der Waals surface area contributed by atoms with E-state index in [0.29, 0.717) is 25.9 Å². The van der Waals surface area contributed by atoms with E-state index in [4.69, 9.17) is 5.11 Å². The molecule has 0 unspecified atom stereocenters. The Morgan fingerprint density at radius 2 is 2.00 bits per heavy atom. The Morgan fingerprint density at radius 3 is 2.59 bits per heavy atom. The van der Waals surface area contributed by atoms with E-state index >= 15 is 0 Å². The van der Waals surface area contributed by atoms with E-state index in [9.17, 15) is 9.59 Å². The summed E-state index contributed by atoms with van der Waals surface area (Å²) in [5, 5.41) is 8.86. The molecule has 1 aliphatic rings. The van der Waals surface area contributed by atoms with Crippen LogP contribution in [0.5, 0.6) is 0 Å². The molecule has 0 aromatic heterocycles. The molecule has 1 atom stereocenters. The molecule has 90 valence electrons. The molecule has 0 spiro atoms. The molecule has 1 aliphatic heterocycles. The van der Waals surface area contributed by atoms with Crippen molar-refractivity contribution in [3.63, 3.8) is 0 Å². The number of hydrogen-bond donors (Lipinski definition) is 1. The second kappa shape index (κ2) is 4.99. The molecule has 17 heavy (non-hydrogen) atoms. The normalized spacial score (nSPS) is 19.3. The predicted octanol–water partition coefficient (Wildman–Crippen LogP) is 1.16. The Bertz CT molecular complexity index is 416. The van der Waals surface area contributed by atoms with Crippen molar-refractivity contribution >= 4 is 11.9 Å². The number of carboxylic acid groups (broad SMARTS) is 1. The minimum Gasteiger partial charge on any atom is -0.481 e. The van der Waals surface area contributed by atoms with E-state index in [1.807, 2.05) is 30.3 Å². The molecule has 1 aromatic rings. The number of carbonyl (C=O) groups is 2. The molecule has 4 nitrogen and oxygen atoms in total. The summed E-state index contributed by atoms with van der Waals surface area (Å²) in [5.74, 6) is -1.19. The number of benzene rings is 1. The molecule has 1 N–H and O–H groups in total. The van der Waals surface area contributed by atoms with Crippen LogP contribution >= 0.6 is 0 Å². The maximum Gasteiger partial charge on any atom is 0.308 e. The second-order valence-electron chi connectivity index (χ2n) is 4.33. The monoisotopic (exact) mass is 233 g/mol.